The summed E-state index contributed by atoms with van der Waals surface area (Å²) >= 11 is 0. The average molecular weight is 516 g/mol. The normalized spacial score (nSPS) is 31.3. The van der Waals surface area contributed by atoms with Crippen LogP contribution in [-0.2, 0) is 17.3 Å². The van der Waals surface area contributed by atoms with E-state index in [0.717, 1.165) is 18.4 Å². The third kappa shape index (κ3) is 3.18. The van der Waals surface area contributed by atoms with Crippen molar-refractivity contribution in [2.45, 2.75) is 81.6 Å². The molecule has 4 aliphatic carbocycles. The smallest absolute Gasteiger partial charge is 0.373 e. The number of aromatic nitrogens is 5. The molecule has 0 spiro atoms. The van der Waals surface area contributed by atoms with E-state index in [1.165, 1.54) is 9.13 Å². The van der Waals surface area contributed by atoms with Crippen molar-refractivity contribution in [3.05, 3.63) is 56.1 Å². The van der Waals surface area contributed by atoms with Gasteiger partial charge in [-0.05, 0) is 63.9 Å². The van der Waals surface area contributed by atoms with Gasteiger partial charge in [-0.2, -0.15) is 18.3 Å². The van der Waals surface area contributed by atoms with E-state index in [-0.39, 0.29) is 53.4 Å². The first-order valence-corrected chi connectivity index (χ1v) is 12.9. The van der Waals surface area contributed by atoms with E-state index in [2.05, 4.69) is 10.1 Å². The maximum atomic E-state index is 14.0. The van der Waals surface area contributed by atoms with Crippen molar-refractivity contribution in [3.63, 3.8) is 0 Å². The van der Waals surface area contributed by atoms with E-state index in [4.69, 9.17) is 4.74 Å². The number of hydrogen-bond acceptors (Lipinski definition) is 5. The van der Waals surface area contributed by atoms with E-state index >= 15 is 0 Å². The van der Waals surface area contributed by atoms with Crippen molar-refractivity contribution in [1.29, 1.82) is 0 Å². The molecule has 5 fully saturated rings. The molecule has 2 atom stereocenters. The topological polar surface area (TPSA) is 83.9 Å². The minimum Gasteiger partial charge on any atom is -0.373 e. The zero-order chi connectivity index (χ0) is 25.9. The van der Waals surface area contributed by atoms with Gasteiger partial charge in [0, 0.05) is 31.0 Å². The van der Waals surface area contributed by atoms with Gasteiger partial charge in [-0.15, -0.1) is 0 Å². The first-order chi connectivity index (χ1) is 17.5. The minimum absolute atomic E-state index is 0.144. The lowest BCUT2D eigenvalue weighted by Crippen LogP contribution is -2.74. The van der Waals surface area contributed by atoms with Gasteiger partial charge in [-0.25, -0.2) is 4.98 Å². The molecule has 0 aromatic carbocycles. The summed E-state index contributed by atoms with van der Waals surface area (Å²) in [5.74, 6) is 0.218. The maximum absolute atomic E-state index is 14.0. The Kier molecular flexibility index (Phi) is 4.59. The van der Waals surface area contributed by atoms with Crippen LogP contribution < -0.4 is 11.1 Å². The third-order valence-electron chi connectivity index (χ3n) is 9.21. The molecule has 5 aliphatic rings. The van der Waals surface area contributed by atoms with Crippen LogP contribution in [0.5, 0.6) is 0 Å². The highest BCUT2D eigenvalue weighted by molar-refractivity contribution is 5.76. The van der Waals surface area contributed by atoms with Gasteiger partial charge in [0.05, 0.1) is 34.7 Å². The standard InChI is InChI=1S/C26H28F3N5O3/c1-14-31-21-19(22(35)32(14)2)8-18(23(36)34(21)25-11-24(12-25,13-25)26(27,28)29)15-5-6-37-20(7-15)16-9-30-33(10-16)17-3-4-17/h8-10,15,17,20H,3-7,11-13H2,1-2H3/t15-,20+,24?,25?/m0/s1. The first-order valence-electron chi connectivity index (χ1n) is 12.9. The number of pyridine rings is 1. The second kappa shape index (κ2) is 7.33. The molecule has 0 radical (unpaired) electrons. The second-order valence-electron chi connectivity index (χ2n) is 11.6. The van der Waals surface area contributed by atoms with Gasteiger partial charge in [0.25, 0.3) is 11.1 Å². The molecular formula is C26H28F3N5O3. The van der Waals surface area contributed by atoms with Crippen LogP contribution in [0.4, 0.5) is 13.2 Å². The van der Waals surface area contributed by atoms with Crippen LogP contribution in [0.2, 0.25) is 0 Å². The highest BCUT2D eigenvalue weighted by atomic mass is 19.4. The molecule has 3 aromatic heterocycles. The molecule has 0 N–H and O–H groups in total. The lowest BCUT2D eigenvalue weighted by Gasteiger charge is -2.70. The van der Waals surface area contributed by atoms with Crippen LogP contribution >= 0.6 is 0 Å². The average Bonchev–Trinajstić information content (AvgIpc) is 3.53. The van der Waals surface area contributed by atoms with Gasteiger partial charge < -0.3 is 4.74 Å². The zero-order valence-corrected chi connectivity index (χ0v) is 20.7. The van der Waals surface area contributed by atoms with Crippen LogP contribution in [0.25, 0.3) is 11.0 Å². The Morgan fingerprint density at radius 2 is 1.84 bits per heavy atom. The molecule has 1 aliphatic heterocycles. The fraction of sp³-hybridized carbons (Fsp3) is 0.615. The summed E-state index contributed by atoms with van der Waals surface area (Å²) < 4.78 is 51.8. The van der Waals surface area contributed by atoms with Crippen LogP contribution in [0.1, 0.15) is 80.0 Å². The number of nitrogens with zero attached hydrogens (tertiary/aromatic N) is 5. The summed E-state index contributed by atoms with van der Waals surface area (Å²) in [7, 11) is 1.61. The summed E-state index contributed by atoms with van der Waals surface area (Å²) in [5.41, 5.74) is -1.69. The monoisotopic (exact) mass is 515 g/mol. The Morgan fingerprint density at radius 3 is 2.51 bits per heavy atom. The van der Waals surface area contributed by atoms with E-state index in [1.807, 2.05) is 17.1 Å². The molecular weight excluding hydrogens is 487 g/mol. The predicted molar refractivity (Wildman–Crippen MR) is 127 cm³/mol. The Balaban J connectivity index is 1.32. The molecule has 0 unspecified atom stereocenters. The van der Waals surface area contributed by atoms with E-state index in [1.54, 1.807) is 20.0 Å². The molecule has 37 heavy (non-hydrogen) atoms. The van der Waals surface area contributed by atoms with Gasteiger partial charge >= 0.3 is 6.18 Å². The molecule has 2 bridgehead atoms. The van der Waals surface area contributed by atoms with Crippen molar-refractivity contribution >= 4 is 11.0 Å². The lowest BCUT2D eigenvalue weighted by molar-refractivity contribution is -0.354. The van der Waals surface area contributed by atoms with Crippen LogP contribution in [-0.4, -0.2) is 36.7 Å². The SMILES string of the molecule is Cc1nc2c(cc([C@H]3CCO[C@@H](c4cnn(C5CC5)c4)C3)c(=O)n2C23CC(C(F)(F)F)(C2)C3)c(=O)n1C. The maximum Gasteiger partial charge on any atom is 0.394 e. The van der Waals surface area contributed by atoms with E-state index in [0.29, 0.717) is 36.9 Å². The Hall–Kier alpha value is -2.95. The van der Waals surface area contributed by atoms with E-state index in [9.17, 15) is 22.8 Å². The summed E-state index contributed by atoms with van der Waals surface area (Å²) in [4.78, 5) is 31.8. The number of alkyl halides is 3. The number of hydrogen-bond donors (Lipinski definition) is 0. The molecule has 0 amide bonds. The number of aryl methyl sites for hydroxylation is 1. The molecule has 8 nitrogen and oxygen atoms in total. The molecule has 11 heteroatoms. The quantitative estimate of drug-likeness (QED) is 0.524. The van der Waals surface area contributed by atoms with Crippen LogP contribution in [0.3, 0.4) is 0 Å². The number of halogens is 3. The summed E-state index contributed by atoms with van der Waals surface area (Å²) in [5, 5.41) is 4.74. The number of fused-ring (bicyclic) bond motifs is 1. The first kappa shape index (κ1) is 23.2. The highest BCUT2D eigenvalue weighted by Crippen LogP contribution is 2.76. The van der Waals surface area contributed by atoms with Gasteiger partial charge in [-0.3, -0.25) is 23.4 Å². The van der Waals surface area contributed by atoms with E-state index < -0.39 is 17.1 Å². The van der Waals surface area contributed by atoms with Crippen molar-refractivity contribution in [3.8, 4) is 0 Å². The Labute approximate surface area is 210 Å². The fourth-order valence-electron chi connectivity index (χ4n) is 6.83. The molecule has 4 saturated carbocycles. The van der Waals surface area contributed by atoms with Gasteiger partial charge in [-0.1, -0.05) is 0 Å². The summed E-state index contributed by atoms with van der Waals surface area (Å²) in [6.45, 7) is 2.10. The Bertz CT molecular complexity index is 1540. The lowest BCUT2D eigenvalue weighted by atomic mass is 9.38. The summed E-state index contributed by atoms with van der Waals surface area (Å²) in [6.07, 6.45) is 2.20. The van der Waals surface area contributed by atoms with Crippen molar-refractivity contribution in [2.24, 2.45) is 12.5 Å². The van der Waals surface area contributed by atoms with Crippen molar-refractivity contribution in [2.75, 3.05) is 6.61 Å². The van der Waals surface area contributed by atoms with Crippen molar-refractivity contribution < 1.29 is 17.9 Å². The number of ether oxygens (including phenoxy) is 1. The second-order valence-corrected chi connectivity index (χ2v) is 11.6. The fourth-order valence-corrected chi connectivity index (χ4v) is 6.83. The molecule has 4 heterocycles. The molecule has 3 aromatic rings. The highest BCUT2D eigenvalue weighted by Gasteiger charge is 2.79. The summed E-state index contributed by atoms with van der Waals surface area (Å²) in [6, 6.07) is 2.08. The van der Waals surface area contributed by atoms with Crippen LogP contribution in [0.15, 0.2) is 28.0 Å². The van der Waals surface area contributed by atoms with Crippen LogP contribution in [0, 0.1) is 12.3 Å². The predicted octanol–water partition coefficient (Wildman–Crippen LogP) is 4.01. The number of rotatable bonds is 4. The third-order valence-corrected chi connectivity index (χ3v) is 9.21. The molecule has 8 rings (SSSR count). The minimum atomic E-state index is -4.30. The largest absolute Gasteiger partial charge is 0.394 e. The van der Waals surface area contributed by atoms with Gasteiger partial charge in [0.15, 0.2) is 5.65 Å². The Morgan fingerprint density at radius 1 is 1.11 bits per heavy atom. The molecule has 1 saturated heterocycles. The van der Waals surface area contributed by atoms with Gasteiger partial charge in [0.1, 0.15) is 5.82 Å². The zero-order valence-electron chi connectivity index (χ0n) is 20.7. The van der Waals surface area contributed by atoms with Crippen molar-refractivity contribution in [1.82, 2.24) is 23.9 Å². The molecule has 196 valence electrons. The van der Waals surface area contributed by atoms with Gasteiger partial charge in [0.2, 0.25) is 0 Å².